The van der Waals surface area contributed by atoms with Crippen LogP contribution in [0.1, 0.15) is 27.7 Å². The second-order valence-electron chi connectivity index (χ2n) is 8.25. The normalized spacial score (nSPS) is 21.5. The zero-order valence-electron chi connectivity index (χ0n) is 17.5. The van der Waals surface area contributed by atoms with Gasteiger partial charge in [0.2, 0.25) is 5.88 Å². The molecule has 2 heterocycles. The molecule has 2 aromatic rings. The molecular formula is C21H25ClN2O6. The molecule has 3 unspecified atom stereocenters. The second kappa shape index (κ2) is 8.18. The van der Waals surface area contributed by atoms with E-state index in [1.807, 2.05) is 0 Å². The first-order valence-corrected chi connectivity index (χ1v) is 9.91. The average molecular weight is 437 g/mol. The van der Waals surface area contributed by atoms with Gasteiger partial charge in [0.1, 0.15) is 23.5 Å². The number of benzene rings is 1. The number of methoxy groups -OCH3 is 1. The molecule has 1 fully saturated rings. The maximum Gasteiger partial charge on any atom is 0.411 e. The molecule has 0 radical (unpaired) electrons. The SMILES string of the molecule is COc1cnc(OC2CN(C(=O)OC(C)(C)C)C(C(=O)O)C2C)c2cc(Cl)ccc12. The van der Waals surface area contributed by atoms with Crippen LogP contribution in [0.2, 0.25) is 5.02 Å². The van der Waals surface area contributed by atoms with Gasteiger partial charge in [-0.1, -0.05) is 18.5 Å². The fourth-order valence-electron chi connectivity index (χ4n) is 3.54. The summed E-state index contributed by atoms with van der Waals surface area (Å²) in [6.07, 6.45) is 0.246. The van der Waals surface area contributed by atoms with Gasteiger partial charge in [-0.15, -0.1) is 0 Å². The highest BCUT2D eigenvalue weighted by Gasteiger charge is 2.48. The molecule has 1 aliphatic heterocycles. The predicted molar refractivity (Wildman–Crippen MR) is 111 cm³/mol. The molecule has 3 rings (SSSR count). The highest BCUT2D eigenvalue weighted by molar-refractivity contribution is 6.31. The van der Waals surface area contributed by atoms with Crippen LogP contribution in [0.5, 0.6) is 11.6 Å². The van der Waals surface area contributed by atoms with Crippen LogP contribution in [0, 0.1) is 5.92 Å². The Morgan fingerprint density at radius 3 is 2.57 bits per heavy atom. The van der Waals surface area contributed by atoms with Gasteiger partial charge in [0.15, 0.2) is 0 Å². The van der Waals surface area contributed by atoms with E-state index in [0.717, 1.165) is 5.39 Å². The Morgan fingerprint density at radius 1 is 1.27 bits per heavy atom. The minimum absolute atomic E-state index is 0.0583. The summed E-state index contributed by atoms with van der Waals surface area (Å²) in [5, 5.41) is 11.6. The maximum atomic E-state index is 12.6. The van der Waals surface area contributed by atoms with Gasteiger partial charge in [-0.3, -0.25) is 4.90 Å². The summed E-state index contributed by atoms with van der Waals surface area (Å²) < 4.78 is 16.8. The number of carboxylic acids is 1. The lowest BCUT2D eigenvalue weighted by molar-refractivity contribution is -0.143. The standard InChI is InChI=1S/C21H25ClN2O6/c1-11-16(10-24(17(11)19(25)26)20(27)30-21(2,3)4)29-18-14-8-12(22)6-7-13(14)15(28-5)9-23-18/h6-9,11,16-17H,10H2,1-5H3,(H,25,26). The van der Waals surface area contributed by atoms with Crippen molar-refractivity contribution < 1.29 is 28.9 Å². The number of ether oxygens (including phenoxy) is 3. The monoisotopic (exact) mass is 436 g/mol. The van der Waals surface area contributed by atoms with Crippen molar-refractivity contribution in [2.45, 2.75) is 45.4 Å². The van der Waals surface area contributed by atoms with E-state index in [9.17, 15) is 14.7 Å². The number of pyridine rings is 1. The van der Waals surface area contributed by atoms with Crippen molar-refractivity contribution in [3.05, 3.63) is 29.4 Å². The van der Waals surface area contributed by atoms with Crippen LogP contribution < -0.4 is 9.47 Å². The number of aromatic nitrogens is 1. The van der Waals surface area contributed by atoms with Gasteiger partial charge in [-0.25, -0.2) is 14.6 Å². The van der Waals surface area contributed by atoms with Gasteiger partial charge in [0.25, 0.3) is 0 Å². The number of carbonyl (C=O) groups is 2. The van der Waals surface area contributed by atoms with Crippen LogP contribution in [-0.2, 0) is 9.53 Å². The summed E-state index contributed by atoms with van der Waals surface area (Å²) in [7, 11) is 1.54. The molecule has 0 bridgehead atoms. The van der Waals surface area contributed by atoms with E-state index in [2.05, 4.69) is 4.98 Å². The van der Waals surface area contributed by atoms with Gasteiger partial charge in [0, 0.05) is 21.7 Å². The van der Waals surface area contributed by atoms with E-state index in [1.165, 1.54) is 11.1 Å². The number of nitrogens with zero attached hydrogens (tertiary/aromatic N) is 2. The lowest BCUT2D eigenvalue weighted by atomic mass is 10.0. The zero-order chi connectivity index (χ0) is 22.2. The molecular weight excluding hydrogens is 412 g/mol. The Bertz CT molecular complexity index is 974. The highest BCUT2D eigenvalue weighted by atomic mass is 35.5. The van der Waals surface area contributed by atoms with Crippen molar-refractivity contribution in [1.82, 2.24) is 9.88 Å². The van der Waals surface area contributed by atoms with Gasteiger partial charge in [0.05, 0.1) is 19.9 Å². The molecule has 1 saturated heterocycles. The number of likely N-dealkylation sites (tertiary alicyclic amines) is 1. The first-order chi connectivity index (χ1) is 14.0. The first-order valence-electron chi connectivity index (χ1n) is 9.53. The quantitative estimate of drug-likeness (QED) is 0.773. The maximum absolute atomic E-state index is 12.6. The number of carbonyl (C=O) groups excluding carboxylic acids is 1. The van der Waals surface area contributed by atoms with Crippen molar-refractivity contribution >= 4 is 34.4 Å². The van der Waals surface area contributed by atoms with E-state index < -0.39 is 35.7 Å². The van der Waals surface area contributed by atoms with Crippen LogP contribution >= 0.6 is 11.6 Å². The Labute approximate surface area is 179 Å². The lowest BCUT2D eigenvalue weighted by Crippen LogP contribution is -2.45. The van der Waals surface area contributed by atoms with Gasteiger partial charge in [-0.2, -0.15) is 0 Å². The van der Waals surface area contributed by atoms with Crippen molar-refractivity contribution in [3.63, 3.8) is 0 Å². The summed E-state index contributed by atoms with van der Waals surface area (Å²) in [4.78, 5) is 30.0. The van der Waals surface area contributed by atoms with Crippen LogP contribution in [0.4, 0.5) is 4.79 Å². The van der Waals surface area contributed by atoms with Crippen molar-refractivity contribution in [3.8, 4) is 11.6 Å². The van der Waals surface area contributed by atoms with Gasteiger partial charge in [-0.05, 0) is 39.0 Å². The number of hydrogen-bond acceptors (Lipinski definition) is 6. The summed E-state index contributed by atoms with van der Waals surface area (Å²) in [6.45, 7) is 6.97. The molecule has 30 heavy (non-hydrogen) atoms. The number of rotatable bonds is 4. The second-order valence-corrected chi connectivity index (χ2v) is 8.69. The summed E-state index contributed by atoms with van der Waals surface area (Å²) in [5.41, 5.74) is -0.743. The number of aliphatic carboxylic acids is 1. The fraction of sp³-hybridized carbons (Fsp3) is 0.476. The minimum atomic E-state index is -1.12. The van der Waals surface area contributed by atoms with Gasteiger partial charge >= 0.3 is 12.1 Å². The highest BCUT2D eigenvalue weighted by Crippen LogP contribution is 2.36. The molecule has 1 N–H and O–H groups in total. The molecule has 1 aromatic heterocycles. The van der Waals surface area contributed by atoms with E-state index in [0.29, 0.717) is 22.0 Å². The molecule has 8 nitrogen and oxygen atoms in total. The topological polar surface area (TPSA) is 98.2 Å². The van der Waals surface area contributed by atoms with Crippen LogP contribution in [-0.4, -0.2) is 58.5 Å². The molecule has 162 valence electrons. The number of carboxylic acid groups (broad SMARTS) is 1. The summed E-state index contributed by atoms with van der Waals surface area (Å²) >= 11 is 6.15. The number of halogens is 1. The number of fused-ring (bicyclic) bond motifs is 1. The molecule has 3 atom stereocenters. The minimum Gasteiger partial charge on any atom is -0.494 e. The number of hydrogen-bond donors (Lipinski definition) is 1. The molecule has 1 aliphatic rings. The zero-order valence-corrected chi connectivity index (χ0v) is 18.3. The van der Waals surface area contributed by atoms with Gasteiger partial charge < -0.3 is 19.3 Å². The first kappa shape index (κ1) is 22.0. The van der Waals surface area contributed by atoms with Crippen molar-refractivity contribution in [2.24, 2.45) is 5.92 Å². The Hall–Kier alpha value is -2.74. The van der Waals surface area contributed by atoms with Crippen molar-refractivity contribution in [2.75, 3.05) is 13.7 Å². The Morgan fingerprint density at radius 2 is 1.97 bits per heavy atom. The molecule has 0 aliphatic carbocycles. The van der Waals surface area contributed by atoms with Crippen LogP contribution in [0.15, 0.2) is 24.4 Å². The Balaban J connectivity index is 1.92. The van der Waals surface area contributed by atoms with Crippen LogP contribution in [0.25, 0.3) is 10.8 Å². The van der Waals surface area contributed by atoms with Crippen molar-refractivity contribution in [1.29, 1.82) is 0 Å². The van der Waals surface area contributed by atoms with E-state index >= 15 is 0 Å². The van der Waals surface area contributed by atoms with E-state index in [4.69, 9.17) is 25.8 Å². The summed E-state index contributed by atoms with van der Waals surface area (Å²) in [6, 6.07) is 4.18. The molecule has 1 amide bonds. The third-order valence-corrected chi connectivity index (χ3v) is 5.17. The van der Waals surface area contributed by atoms with E-state index in [-0.39, 0.29) is 6.54 Å². The molecule has 0 saturated carbocycles. The smallest absolute Gasteiger partial charge is 0.411 e. The molecule has 9 heteroatoms. The number of amides is 1. The average Bonchev–Trinajstić information content (AvgIpc) is 2.97. The lowest BCUT2D eigenvalue weighted by Gasteiger charge is -2.27. The largest absolute Gasteiger partial charge is 0.494 e. The van der Waals surface area contributed by atoms with Crippen LogP contribution in [0.3, 0.4) is 0 Å². The third kappa shape index (κ3) is 4.38. The fourth-order valence-corrected chi connectivity index (χ4v) is 3.71. The summed E-state index contributed by atoms with van der Waals surface area (Å²) in [5.74, 6) is -0.754. The Kier molecular flexibility index (Phi) is 5.99. The third-order valence-electron chi connectivity index (χ3n) is 4.94. The van der Waals surface area contributed by atoms with E-state index in [1.54, 1.807) is 53.0 Å². The molecule has 0 spiro atoms. The predicted octanol–water partition coefficient (Wildman–Crippen LogP) is 3.98. The molecule has 1 aromatic carbocycles.